The molecule has 1 aliphatic rings. The maximum Gasteiger partial charge on any atom is 0.179 e. The lowest BCUT2D eigenvalue weighted by atomic mass is 10.00. The fraction of sp³-hybridized carbons (Fsp3) is 0.429. The van der Waals surface area contributed by atoms with Gasteiger partial charge in [0.15, 0.2) is 17.4 Å². The predicted octanol–water partition coefficient (Wildman–Crippen LogP) is 5.51. The van der Waals surface area contributed by atoms with Gasteiger partial charge < -0.3 is 9.64 Å². The quantitative estimate of drug-likeness (QED) is 0.370. The standard InChI is InChI=1S/C28H32F3N3O3S/c1-6-17(2)34-16-28(3,4)37-27-22(30)13-20(14-24(27)34)26-23(31)15-32-25(33-26)12-18-7-8-19(21(29)11-18)9-10-38(5,35)36/h7-8,11,13-15,17H,6,9-10,12,16H2,1-5H3. The fourth-order valence-electron chi connectivity index (χ4n) is 4.52. The summed E-state index contributed by atoms with van der Waals surface area (Å²) in [6.45, 7) is 8.43. The molecular weight excluding hydrogens is 515 g/mol. The van der Waals surface area contributed by atoms with E-state index < -0.39 is 32.9 Å². The molecule has 0 amide bonds. The Labute approximate surface area is 221 Å². The first-order chi connectivity index (χ1) is 17.8. The van der Waals surface area contributed by atoms with Crippen LogP contribution in [0, 0.1) is 17.5 Å². The minimum Gasteiger partial charge on any atom is -0.481 e. The lowest BCUT2D eigenvalue weighted by Crippen LogP contribution is -2.50. The number of sulfone groups is 1. The Morgan fingerprint density at radius 2 is 1.84 bits per heavy atom. The summed E-state index contributed by atoms with van der Waals surface area (Å²) in [5, 5.41) is 0. The Hall–Kier alpha value is -3.14. The summed E-state index contributed by atoms with van der Waals surface area (Å²) >= 11 is 0. The van der Waals surface area contributed by atoms with Crippen molar-refractivity contribution in [3.8, 4) is 17.0 Å². The van der Waals surface area contributed by atoms with Crippen LogP contribution in [0.5, 0.6) is 5.75 Å². The number of hydrogen-bond donors (Lipinski definition) is 0. The van der Waals surface area contributed by atoms with E-state index in [9.17, 15) is 17.2 Å². The van der Waals surface area contributed by atoms with Crippen LogP contribution in [0.15, 0.2) is 36.5 Å². The highest BCUT2D eigenvalue weighted by Gasteiger charge is 2.36. The van der Waals surface area contributed by atoms with Crippen LogP contribution in [0.25, 0.3) is 11.3 Å². The molecule has 38 heavy (non-hydrogen) atoms. The first kappa shape index (κ1) is 27.9. The summed E-state index contributed by atoms with van der Waals surface area (Å²) < 4.78 is 73.5. The molecule has 2 aromatic carbocycles. The lowest BCUT2D eigenvalue weighted by molar-refractivity contribution is 0.0960. The van der Waals surface area contributed by atoms with Gasteiger partial charge in [-0.2, -0.15) is 0 Å². The van der Waals surface area contributed by atoms with Crippen LogP contribution in [-0.4, -0.2) is 48.6 Å². The number of ether oxygens (including phenoxy) is 1. The highest BCUT2D eigenvalue weighted by atomic mass is 32.2. The lowest BCUT2D eigenvalue weighted by Gasteiger charge is -2.44. The maximum absolute atomic E-state index is 15.3. The Balaban J connectivity index is 1.66. The molecule has 4 rings (SSSR count). The Morgan fingerprint density at radius 1 is 1.11 bits per heavy atom. The first-order valence-corrected chi connectivity index (χ1v) is 14.6. The van der Waals surface area contributed by atoms with Crippen molar-refractivity contribution in [2.75, 3.05) is 23.5 Å². The van der Waals surface area contributed by atoms with Gasteiger partial charge in [0.05, 0.1) is 24.2 Å². The van der Waals surface area contributed by atoms with Crippen molar-refractivity contribution in [3.05, 3.63) is 70.9 Å². The third kappa shape index (κ3) is 6.28. The van der Waals surface area contributed by atoms with Gasteiger partial charge in [0.1, 0.15) is 32.8 Å². The molecule has 1 aliphatic heterocycles. The van der Waals surface area contributed by atoms with Gasteiger partial charge in [-0.05, 0) is 62.9 Å². The van der Waals surface area contributed by atoms with Crippen LogP contribution >= 0.6 is 0 Å². The summed E-state index contributed by atoms with van der Waals surface area (Å²) in [6, 6.07) is 7.49. The summed E-state index contributed by atoms with van der Waals surface area (Å²) in [7, 11) is -3.22. The second-order valence-electron chi connectivity index (χ2n) is 10.5. The first-order valence-electron chi connectivity index (χ1n) is 12.5. The minimum absolute atomic E-state index is 0.0594. The van der Waals surface area contributed by atoms with E-state index in [1.54, 1.807) is 12.1 Å². The molecule has 3 aromatic rings. The van der Waals surface area contributed by atoms with Crippen LogP contribution in [0.2, 0.25) is 0 Å². The Morgan fingerprint density at radius 3 is 2.50 bits per heavy atom. The second-order valence-corrected chi connectivity index (χ2v) is 12.8. The van der Waals surface area contributed by atoms with Crippen LogP contribution in [0.1, 0.15) is 51.1 Å². The largest absolute Gasteiger partial charge is 0.481 e. The van der Waals surface area contributed by atoms with Crippen LogP contribution in [-0.2, 0) is 22.7 Å². The van der Waals surface area contributed by atoms with Crippen molar-refractivity contribution in [2.24, 2.45) is 0 Å². The average molecular weight is 548 g/mol. The molecular formula is C28H32F3N3O3S. The molecule has 0 spiro atoms. The minimum atomic E-state index is -3.22. The van der Waals surface area contributed by atoms with Gasteiger partial charge in [0.25, 0.3) is 0 Å². The van der Waals surface area contributed by atoms with Crippen molar-refractivity contribution in [1.29, 1.82) is 0 Å². The Bertz CT molecular complexity index is 1460. The zero-order valence-electron chi connectivity index (χ0n) is 22.2. The molecule has 0 saturated heterocycles. The van der Waals surface area contributed by atoms with Crippen molar-refractivity contribution < 1.29 is 26.3 Å². The number of benzene rings is 2. The maximum atomic E-state index is 15.3. The van der Waals surface area contributed by atoms with Gasteiger partial charge >= 0.3 is 0 Å². The molecule has 0 N–H and O–H groups in total. The second kappa shape index (κ2) is 10.6. The number of rotatable bonds is 8. The average Bonchev–Trinajstić information content (AvgIpc) is 2.83. The molecule has 0 aliphatic carbocycles. The Kier molecular flexibility index (Phi) is 7.74. The van der Waals surface area contributed by atoms with E-state index in [-0.39, 0.29) is 47.5 Å². The fourth-order valence-corrected chi connectivity index (χ4v) is 5.11. The number of fused-ring (bicyclic) bond motifs is 1. The zero-order chi connectivity index (χ0) is 27.8. The predicted molar refractivity (Wildman–Crippen MR) is 142 cm³/mol. The van der Waals surface area contributed by atoms with E-state index in [0.29, 0.717) is 23.4 Å². The van der Waals surface area contributed by atoms with Crippen LogP contribution < -0.4 is 9.64 Å². The van der Waals surface area contributed by atoms with E-state index in [0.717, 1.165) is 18.9 Å². The molecule has 1 unspecified atom stereocenters. The number of anilines is 1. The molecule has 2 heterocycles. The third-order valence-electron chi connectivity index (χ3n) is 6.68. The van der Waals surface area contributed by atoms with Gasteiger partial charge in [0, 0.05) is 24.3 Å². The SMILES string of the molecule is CCC(C)N1CC(C)(C)Oc2c(F)cc(-c3nc(Cc4ccc(CCS(C)(=O)=O)c(F)c4)ncc3F)cc21. The van der Waals surface area contributed by atoms with E-state index in [1.165, 1.54) is 18.2 Å². The molecule has 10 heteroatoms. The van der Waals surface area contributed by atoms with Crippen molar-refractivity contribution in [1.82, 2.24) is 9.97 Å². The van der Waals surface area contributed by atoms with Gasteiger partial charge in [-0.1, -0.05) is 19.1 Å². The number of halogens is 3. The molecule has 1 atom stereocenters. The van der Waals surface area contributed by atoms with Crippen molar-refractivity contribution >= 4 is 15.5 Å². The van der Waals surface area contributed by atoms with E-state index >= 15 is 4.39 Å². The number of nitrogens with zero attached hydrogens (tertiary/aromatic N) is 3. The molecule has 204 valence electrons. The molecule has 1 aromatic heterocycles. The number of aromatic nitrogens is 2. The summed E-state index contributed by atoms with van der Waals surface area (Å²) in [5.41, 5.74) is 0.970. The third-order valence-corrected chi connectivity index (χ3v) is 7.62. The van der Waals surface area contributed by atoms with Crippen LogP contribution in [0.3, 0.4) is 0 Å². The molecule has 0 fully saturated rings. The van der Waals surface area contributed by atoms with E-state index in [4.69, 9.17) is 4.74 Å². The number of hydrogen-bond acceptors (Lipinski definition) is 6. The van der Waals surface area contributed by atoms with E-state index in [2.05, 4.69) is 14.9 Å². The van der Waals surface area contributed by atoms with Crippen molar-refractivity contribution in [2.45, 2.75) is 58.6 Å². The number of aryl methyl sites for hydroxylation is 1. The van der Waals surface area contributed by atoms with Gasteiger partial charge in [-0.25, -0.2) is 31.6 Å². The van der Waals surface area contributed by atoms with Crippen LogP contribution in [0.4, 0.5) is 18.9 Å². The summed E-state index contributed by atoms with van der Waals surface area (Å²) in [5.74, 6) is -1.63. The zero-order valence-corrected chi connectivity index (χ0v) is 23.0. The van der Waals surface area contributed by atoms with Gasteiger partial charge in [-0.3, -0.25) is 0 Å². The van der Waals surface area contributed by atoms with Gasteiger partial charge in [-0.15, -0.1) is 0 Å². The summed E-state index contributed by atoms with van der Waals surface area (Å²) in [6.07, 6.45) is 3.14. The topological polar surface area (TPSA) is 72.4 Å². The van der Waals surface area contributed by atoms with Crippen molar-refractivity contribution in [3.63, 3.8) is 0 Å². The smallest absolute Gasteiger partial charge is 0.179 e. The molecule has 0 saturated carbocycles. The highest BCUT2D eigenvalue weighted by Crippen LogP contribution is 2.43. The molecule has 0 radical (unpaired) electrons. The normalized spacial score (nSPS) is 15.6. The van der Waals surface area contributed by atoms with Gasteiger partial charge in [0.2, 0.25) is 0 Å². The van der Waals surface area contributed by atoms with E-state index in [1.807, 2.05) is 27.7 Å². The molecule has 6 nitrogen and oxygen atoms in total. The highest BCUT2D eigenvalue weighted by molar-refractivity contribution is 7.90. The summed E-state index contributed by atoms with van der Waals surface area (Å²) in [4.78, 5) is 10.5. The molecule has 0 bridgehead atoms. The monoisotopic (exact) mass is 547 g/mol.